The van der Waals surface area contributed by atoms with Crippen molar-refractivity contribution in [1.82, 2.24) is 5.32 Å². The van der Waals surface area contributed by atoms with Crippen molar-refractivity contribution in [3.63, 3.8) is 0 Å². The minimum atomic E-state index is -2.33. The molecule has 0 aliphatic carbocycles. The number of hydrogen-bond acceptors (Lipinski definition) is 6. The number of nitrogens with one attached hydrogen (secondary N) is 1. The number of hydrogen-bond donors (Lipinski definition) is 1. The van der Waals surface area contributed by atoms with Gasteiger partial charge in [0.05, 0.1) is 19.8 Å². The van der Waals surface area contributed by atoms with Gasteiger partial charge < -0.3 is 23.6 Å². The van der Waals surface area contributed by atoms with E-state index in [1.807, 2.05) is 0 Å². The maximum atomic E-state index is 12.9. The van der Waals surface area contributed by atoms with Crippen LogP contribution in [-0.4, -0.2) is 60.2 Å². The summed E-state index contributed by atoms with van der Waals surface area (Å²) in [6, 6.07) is -1.05. The van der Waals surface area contributed by atoms with E-state index in [0.717, 1.165) is 0 Å². The molecule has 0 heterocycles. The molecule has 0 saturated heterocycles. The predicted octanol–water partition coefficient (Wildman–Crippen LogP) is 6.64. The monoisotopic (exact) mass is 519 g/mol. The number of carbonyl (C=O) groups is 2. The standard InChI is InChI=1S/C25H53NO6Si2/c1-17(2)34(18(3)4,19(5)6)30-16-20(32-33(14,15)25(10,11)12)21(22(27)29-13)26-23(28)31-24(7,8)9/h17-21H,16H2,1-15H3,(H,26,28)/t20-,21-/m1/s1. The molecule has 0 aromatic carbocycles. The van der Waals surface area contributed by atoms with Crippen LogP contribution in [-0.2, 0) is 23.1 Å². The van der Waals surface area contributed by atoms with E-state index in [-0.39, 0.29) is 11.6 Å². The molecule has 0 aromatic rings. The summed E-state index contributed by atoms with van der Waals surface area (Å²) in [7, 11) is -3.26. The summed E-state index contributed by atoms with van der Waals surface area (Å²) in [6.07, 6.45) is -1.39. The zero-order valence-corrected chi connectivity index (χ0v) is 26.5. The first-order valence-electron chi connectivity index (χ1n) is 12.5. The second kappa shape index (κ2) is 12.4. The minimum Gasteiger partial charge on any atom is -0.467 e. The molecule has 0 spiro atoms. The largest absolute Gasteiger partial charge is 0.467 e. The summed E-state index contributed by atoms with van der Waals surface area (Å²) in [4.78, 5) is 25.6. The van der Waals surface area contributed by atoms with E-state index in [1.54, 1.807) is 20.8 Å². The van der Waals surface area contributed by atoms with Crippen LogP contribution in [0.15, 0.2) is 0 Å². The third kappa shape index (κ3) is 8.95. The van der Waals surface area contributed by atoms with Crippen molar-refractivity contribution < 1.29 is 27.9 Å². The molecule has 2 atom stereocenters. The van der Waals surface area contributed by atoms with Crippen LogP contribution < -0.4 is 5.32 Å². The molecule has 34 heavy (non-hydrogen) atoms. The lowest BCUT2D eigenvalue weighted by atomic mass is 10.1. The van der Waals surface area contributed by atoms with Crippen molar-refractivity contribution in [3.8, 4) is 0 Å². The predicted molar refractivity (Wildman–Crippen MR) is 144 cm³/mol. The van der Waals surface area contributed by atoms with Crippen LogP contribution in [0.5, 0.6) is 0 Å². The number of methoxy groups -OCH3 is 1. The third-order valence-corrected chi connectivity index (χ3v) is 17.5. The molecule has 0 saturated carbocycles. The third-order valence-electron chi connectivity index (χ3n) is 6.96. The second-order valence-electron chi connectivity index (χ2n) is 12.7. The zero-order valence-electron chi connectivity index (χ0n) is 24.5. The molecular weight excluding hydrogens is 466 g/mol. The topological polar surface area (TPSA) is 83.1 Å². The van der Waals surface area contributed by atoms with Gasteiger partial charge in [0.25, 0.3) is 0 Å². The SMILES string of the molecule is COC(=O)[C@H](NC(=O)OC(C)(C)C)[C@@H](CO[Si](C(C)C)(C(C)C)C(C)C)O[Si](C)(C)C(C)(C)C. The first-order chi connectivity index (χ1) is 15.1. The van der Waals surface area contributed by atoms with Crippen LogP contribution in [0.25, 0.3) is 0 Å². The van der Waals surface area contributed by atoms with Crippen LogP contribution in [0.2, 0.25) is 34.8 Å². The van der Waals surface area contributed by atoms with Gasteiger partial charge in [-0.2, -0.15) is 0 Å². The second-order valence-corrected chi connectivity index (χ2v) is 22.9. The molecule has 0 bridgehead atoms. The highest BCUT2D eigenvalue weighted by molar-refractivity contribution is 6.77. The Labute approximate surface area is 211 Å². The Morgan fingerprint density at radius 2 is 1.29 bits per heavy atom. The smallest absolute Gasteiger partial charge is 0.408 e. The number of rotatable bonds is 11. The van der Waals surface area contributed by atoms with Crippen molar-refractivity contribution in [2.24, 2.45) is 0 Å². The Bertz CT molecular complexity index is 644. The van der Waals surface area contributed by atoms with E-state index < -0.39 is 46.4 Å². The highest BCUT2D eigenvalue weighted by Crippen LogP contribution is 2.43. The Kier molecular flexibility index (Phi) is 12.0. The average molecular weight is 520 g/mol. The van der Waals surface area contributed by atoms with Gasteiger partial charge in [0, 0.05) is 0 Å². The van der Waals surface area contributed by atoms with E-state index in [4.69, 9.17) is 18.3 Å². The maximum Gasteiger partial charge on any atom is 0.408 e. The molecule has 1 amide bonds. The fourth-order valence-electron chi connectivity index (χ4n) is 4.35. The van der Waals surface area contributed by atoms with Gasteiger partial charge in [0.2, 0.25) is 0 Å². The molecule has 0 rings (SSSR count). The van der Waals surface area contributed by atoms with Crippen molar-refractivity contribution in [1.29, 1.82) is 0 Å². The van der Waals surface area contributed by atoms with Crippen molar-refractivity contribution >= 4 is 28.7 Å². The van der Waals surface area contributed by atoms with Crippen molar-refractivity contribution in [2.75, 3.05) is 13.7 Å². The van der Waals surface area contributed by atoms with Crippen LogP contribution in [0.3, 0.4) is 0 Å². The quantitative estimate of drug-likeness (QED) is 0.243. The maximum absolute atomic E-state index is 12.9. The number of amides is 1. The first-order valence-corrected chi connectivity index (χ1v) is 17.6. The normalized spacial score (nSPS) is 15.5. The summed E-state index contributed by atoms with van der Waals surface area (Å²) < 4.78 is 24.1. The van der Waals surface area contributed by atoms with Gasteiger partial charge in [0.15, 0.2) is 22.7 Å². The van der Waals surface area contributed by atoms with E-state index in [9.17, 15) is 9.59 Å². The van der Waals surface area contributed by atoms with Gasteiger partial charge in [-0.3, -0.25) is 0 Å². The van der Waals surface area contributed by atoms with E-state index in [0.29, 0.717) is 16.6 Å². The zero-order chi connectivity index (χ0) is 27.3. The fraction of sp³-hybridized carbons (Fsp3) is 0.920. The summed E-state index contributed by atoms with van der Waals surface area (Å²) in [6.45, 7) is 29.5. The first kappa shape index (κ1) is 33.1. The van der Waals surface area contributed by atoms with Gasteiger partial charge in [-0.05, 0) is 55.5 Å². The minimum absolute atomic E-state index is 0.0967. The number of carbonyl (C=O) groups excluding carboxylic acids is 2. The molecule has 0 aliphatic rings. The summed E-state index contributed by atoms with van der Waals surface area (Å²) in [5.41, 5.74) is 0.413. The molecule has 0 fully saturated rings. The van der Waals surface area contributed by atoms with Gasteiger partial charge in [-0.1, -0.05) is 62.3 Å². The molecule has 0 aromatic heterocycles. The molecular formula is C25H53NO6Si2. The van der Waals surface area contributed by atoms with Crippen LogP contribution in [0.1, 0.15) is 83.1 Å². The molecule has 0 unspecified atom stereocenters. The average Bonchev–Trinajstić information content (AvgIpc) is 2.61. The summed E-state index contributed by atoms with van der Waals surface area (Å²) in [5, 5.41) is 2.62. The van der Waals surface area contributed by atoms with Crippen LogP contribution in [0, 0.1) is 0 Å². The molecule has 0 aliphatic heterocycles. The van der Waals surface area contributed by atoms with Gasteiger partial charge >= 0.3 is 12.1 Å². The van der Waals surface area contributed by atoms with Crippen molar-refractivity contribution in [2.45, 2.75) is 136 Å². The molecule has 0 radical (unpaired) electrons. The highest BCUT2D eigenvalue weighted by atomic mass is 28.4. The summed E-state index contributed by atoms with van der Waals surface area (Å²) in [5.74, 6) is -0.580. The van der Waals surface area contributed by atoms with E-state index in [2.05, 4.69) is 80.7 Å². The fourth-order valence-corrected chi connectivity index (χ4v) is 11.1. The highest BCUT2D eigenvalue weighted by Gasteiger charge is 2.48. The van der Waals surface area contributed by atoms with Crippen LogP contribution >= 0.6 is 0 Å². The van der Waals surface area contributed by atoms with Gasteiger partial charge in [-0.15, -0.1) is 0 Å². The van der Waals surface area contributed by atoms with E-state index in [1.165, 1.54) is 7.11 Å². The molecule has 202 valence electrons. The number of alkyl carbamates (subject to hydrolysis) is 1. The lowest BCUT2D eigenvalue weighted by Gasteiger charge is -2.45. The van der Waals surface area contributed by atoms with Gasteiger partial charge in [-0.25, -0.2) is 9.59 Å². The Morgan fingerprint density at radius 1 is 0.853 bits per heavy atom. The van der Waals surface area contributed by atoms with E-state index >= 15 is 0 Å². The Morgan fingerprint density at radius 3 is 1.62 bits per heavy atom. The van der Waals surface area contributed by atoms with Crippen molar-refractivity contribution in [3.05, 3.63) is 0 Å². The number of ether oxygens (including phenoxy) is 2. The molecule has 9 heteroatoms. The summed E-state index contributed by atoms with van der Waals surface area (Å²) >= 11 is 0. The number of esters is 1. The van der Waals surface area contributed by atoms with Crippen LogP contribution in [0.4, 0.5) is 4.79 Å². The van der Waals surface area contributed by atoms with Gasteiger partial charge in [0.1, 0.15) is 5.60 Å². The lowest BCUT2D eigenvalue weighted by Crippen LogP contribution is -2.59. The molecule has 1 N–H and O–H groups in total. The lowest BCUT2D eigenvalue weighted by molar-refractivity contribution is -0.146. The Hall–Kier alpha value is -0.906. The Balaban J connectivity index is 6.34. The molecule has 7 nitrogen and oxygen atoms in total.